The molecule has 1 heteroatoms. The van der Waals surface area contributed by atoms with Crippen LogP contribution >= 0.6 is 22.6 Å². The minimum Gasteiger partial charge on any atom is -0.0811 e. The molecule has 0 aliphatic heterocycles. The molecule has 1 aliphatic rings. The van der Waals surface area contributed by atoms with Crippen LogP contribution in [-0.4, -0.2) is 4.43 Å². The molecule has 0 fully saturated rings. The van der Waals surface area contributed by atoms with Gasteiger partial charge in [0.1, 0.15) is 0 Å². The van der Waals surface area contributed by atoms with Crippen LogP contribution in [0.15, 0.2) is 24.3 Å². The Morgan fingerprint density at radius 3 is 2.45 bits per heavy atom. The number of benzene rings is 1. The van der Waals surface area contributed by atoms with Crippen molar-refractivity contribution in [3.63, 3.8) is 0 Å². The molecule has 0 aromatic heterocycles. The first kappa shape index (κ1) is 7.35. The lowest BCUT2D eigenvalue weighted by Gasteiger charge is -2.23. The normalized spacial score (nSPS) is 14.4. The van der Waals surface area contributed by atoms with Crippen LogP contribution in [0.2, 0.25) is 0 Å². The van der Waals surface area contributed by atoms with E-state index in [1.807, 2.05) is 0 Å². The summed E-state index contributed by atoms with van der Waals surface area (Å²) in [5.41, 5.74) is 5.91. The van der Waals surface area contributed by atoms with Gasteiger partial charge >= 0.3 is 0 Å². The third-order valence-electron chi connectivity index (χ3n) is 2.24. The first-order valence-electron chi connectivity index (χ1n) is 3.70. The van der Waals surface area contributed by atoms with Crippen LogP contribution in [-0.2, 0) is 0 Å². The highest BCUT2D eigenvalue weighted by Gasteiger charge is 2.19. The molecular formula is C10H9I. The molecule has 11 heavy (non-hydrogen) atoms. The molecule has 1 aromatic rings. The van der Waals surface area contributed by atoms with Crippen LogP contribution < -0.4 is 0 Å². The maximum absolute atomic E-state index is 2.42. The van der Waals surface area contributed by atoms with Gasteiger partial charge in [-0.15, -0.1) is 0 Å². The Morgan fingerprint density at radius 2 is 1.82 bits per heavy atom. The van der Waals surface area contributed by atoms with Crippen LogP contribution in [0.25, 0.3) is 11.1 Å². The van der Waals surface area contributed by atoms with E-state index in [0.717, 1.165) is 4.43 Å². The molecule has 0 saturated heterocycles. The first-order valence-corrected chi connectivity index (χ1v) is 5.22. The summed E-state index contributed by atoms with van der Waals surface area (Å²) >= 11 is 2.42. The van der Waals surface area contributed by atoms with Crippen molar-refractivity contribution in [2.24, 2.45) is 0 Å². The Hall–Kier alpha value is -0.310. The van der Waals surface area contributed by atoms with Crippen LogP contribution in [0.3, 0.4) is 0 Å². The Morgan fingerprint density at radius 1 is 1.18 bits per heavy atom. The molecule has 56 valence electrons. The molecule has 0 N–H and O–H groups in total. The number of halogens is 1. The molecule has 2 rings (SSSR count). The summed E-state index contributed by atoms with van der Waals surface area (Å²) in [4.78, 5) is 0. The lowest BCUT2D eigenvalue weighted by Crippen LogP contribution is -2.04. The SMILES string of the molecule is CC1=C(CI)c2ccccc21. The van der Waals surface area contributed by atoms with E-state index in [1.54, 1.807) is 0 Å². The Labute approximate surface area is 80.5 Å². The molecule has 1 aromatic carbocycles. The second-order valence-corrected chi connectivity index (χ2v) is 3.55. The van der Waals surface area contributed by atoms with E-state index in [9.17, 15) is 0 Å². The fourth-order valence-corrected chi connectivity index (χ4v) is 2.53. The third-order valence-corrected chi connectivity index (χ3v) is 3.01. The summed E-state index contributed by atoms with van der Waals surface area (Å²) in [5, 5.41) is 0. The average Bonchev–Trinajstić information content (AvgIpc) is 2.05. The van der Waals surface area contributed by atoms with E-state index < -0.39 is 0 Å². The van der Waals surface area contributed by atoms with Crippen molar-refractivity contribution < 1.29 is 0 Å². The quantitative estimate of drug-likeness (QED) is 0.533. The van der Waals surface area contributed by atoms with Crippen molar-refractivity contribution in [3.8, 4) is 0 Å². The number of hydrogen-bond acceptors (Lipinski definition) is 0. The number of allylic oxidation sites excluding steroid dienone is 2. The maximum atomic E-state index is 2.42. The van der Waals surface area contributed by atoms with E-state index in [1.165, 1.54) is 22.3 Å². The molecular weight excluding hydrogens is 247 g/mol. The smallest absolute Gasteiger partial charge is 0.0256 e. The minimum absolute atomic E-state index is 1.14. The molecule has 0 radical (unpaired) electrons. The highest BCUT2D eigenvalue weighted by Crippen LogP contribution is 2.40. The third kappa shape index (κ3) is 0.940. The number of fused-ring (bicyclic) bond motifs is 1. The molecule has 0 atom stereocenters. The summed E-state index contributed by atoms with van der Waals surface area (Å²) in [6, 6.07) is 8.61. The van der Waals surface area contributed by atoms with Gasteiger partial charge in [0.15, 0.2) is 0 Å². The van der Waals surface area contributed by atoms with Crippen LogP contribution in [0, 0.1) is 0 Å². The molecule has 1 aliphatic carbocycles. The van der Waals surface area contributed by atoms with Gasteiger partial charge in [-0.05, 0) is 29.2 Å². The summed E-state index contributed by atoms with van der Waals surface area (Å²) in [5.74, 6) is 0. The van der Waals surface area contributed by atoms with Crippen molar-refractivity contribution in [2.45, 2.75) is 6.92 Å². The Balaban J connectivity index is 2.51. The fraction of sp³-hybridized carbons (Fsp3) is 0.200. The zero-order valence-electron chi connectivity index (χ0n) is 6.39. The van der Waals surface area contributed by atoms with Crippen molar-refractivity contribution in [3.05, 3.63) is 35.4 Å². The van der Waals surface area contributed by atoms with E-state index in [-0.39, 0.29) is 0 Å². The van der Waals surface area contributed by atoms with Gasteiger partial charge < -0.3 is 0 Å². The summed E-state index contributed by atoms with van der Waals surface area (Å²) in [7, 11) is 0. The second kappa shape index (κ2) is 2.63. The molecule has 0 nitrogen and oxygen atoms in total. The predicted octanol–water partition coefficient (Wildman–Crippen LogP) is 3.37. The molecule has 0 amide bonds. The van der Waals surface area contributed by atoms with Gasteiger partial charge in [-0.25, -0.2) is 0 Å². The second-order valence-electron chi connectivity index (χ2n) is 2.78. The first-order chi connectivity index (χ1) is 5.34. The van der Waals surface area contributed by atoms with Crippen molar-refractivity contribution in [1.82, 2.24) is 0 Å². The highest BCUT2D eigenvalue weighted by molar-refractivity contribution is 14.1. The highest BCUT2D eigenvalue weighted by atomic mass is 127. The number of alkyl halides is 1. The van der Waals surface area contributed by atoms with E-state index in [4.69, 9.17) is 0 Å². The van der Waals surface area contributed by atoms with Gasteiger partial charge in [-0.1, -0.05) is 46.9 Å². The topological polar surface area (TPSA) is 0 Å². The van der Waals surface area contributed by atoms with Crippen molar-refractivity contribution in [1.29, 1.82) is 0 Å². The van der Waals surface area contributed by atoms with Crippen molar-refractivity contribution >= 4 is 33.7 Å². The van der Waals surface area contributed by atoms with Gasteiger partial charge in [-0.3, -0.25) is 0 Å². The number of hydrogen-bond donors (Lipinski definition) is 0. The summed E-state index contributed by atoms with van der Waals surface area (Å²) in [6.07, 6.45) is 0. The largest absolute Gasteiger partial charge is 0.0811 e. The zero-order chi connectivity index (χ0) is 7.84. The molecule has 0 saturated carbocycles. The van der Waals surface area contributed by atoms with Gasteiger partial charge in [-0.2, -0.15) is 0 Å². The minimum atomic E-state index is 1.14. The number of rotatable bonds is 1. The molecule has 0 unspecified atom stereocenters. The monoisotopic (exact) mass is 256 g/mol. The Bertz CT molecular complexity index is 323. The predicted molar refractivity (Wildman–Crippen MR) is 57.8 cm³/mol. The summed E-state index contributed by atoms with van der Waals surface area (Å²) in [6.45, 7) is 2.20. The molecule has 0 bridgehead atoms. The molecule has 0 spiro atoms. The van der Waals surface area contributed by atoms with Gasteiger partial charge in [0.2, 0.25) is 0 Å². The van der Waals surface area contributed by atoms with E-state index >= 15 is 0 Å². The summed E-state index contributed by atoms with van der Waals surface area (Å²) < 4.78 is 1.14. The van der Waals surface area contributed by atoms with Crippen LogP contribution in [0.5, 0.6) is 0 Å². The lowest BCUT2D eigenvalue weighted by atomic mass is 9.83. The Kier molecular flexibility index (Phi) is 1.75. The lowest BCUT2D eigenvalue weighted by molar-refractivity contribution is 1.43. The maximum Gasteiger partial charge on any atom is 0.0256 e. The van der Waals surface area contributed by atoms with E-state index in [0.29, 0.717) is 0 Å². The van der Waals surface area contributed by atoms with Gasteiger partial charge in [0, 0.05) is 4.43 Å². The van der Waals surface area contributed by atoms with E-state index in [2.05, 4.69) is 53.8 Å². The standard InChI is InChI=1S/C10H9I/c1-7-8-4-2-3-5-9(8)10(7)6-11/h2-5H,6H2,1H3. The van der Waals surface area contributed by atoms with Crippen LogP contribution in [0.1, 0.15) is 18.1 Å². The zero-order valence-corrected chi connectivity index (χ0v) is 8.55. The fourth-order valence-electron chi connectivity index (χ4n) is 1.55. The van der Waals surface area contributed by atoms with Gasteiger partial charge in [0.25, 0.3) is 0 Å². The molecule has 0 heterocycles. The van der Waals surface area contributed by atoms with Gasteiger partial charge in [0.05, 0.1) is 0 Å². The van der Waals surface area contributed by atoms with Crippen molar-refractivity contribution in [2.75, 3.05) is 4.43 Å². The van der Waals surface area contributed by atoms with Crippen LogP contribution in [0.4, 0.5) is 0 Å². The average molecular weight is 256 g/mol.